The third-order valence-corrected chi connectivity index (χ3v) is 15.9. The summed E-state index contributed by atoms with van der Waals surface area (Å²) in [7, 11) is 1.61. The van der Waals surface area contributed by atoms with Gasteiger partial charge in [-0.2, -0.15) is 0 Å². The number of nitrogens with one attached hydrogen (secondary N) is 1. The van der Waals surface area contributed by atoms with Crippen LogP contribution in [-0.2, 0) is 41.7 Å². The molecule has 280 valence electrons. The van der Waals surface area contributed by atoms with Crippen LogP contribution in [-0.4, -0.2) is 89.9 Å². The molecule has 1 N–H and O–H groups in total. The zero-order chi connectivity index (χ0) is 36.6. The number of hydrogen-bond donors (Lipinski definition) is 1. The van der Waals surface area contributed by atoms with E-state index < -0.39 is 18.3 Å². The number of esters is 1. The number of amides is 2. The maximum Gasteiger partial charge on any atom is 0.331 e. The second-order valence-electron chi connectivity index (χ2n) is 13.6. The van der Waals surface area contributed by atoms with Gasteiger partial charge >= 0.3 is 5.97 Å². The van der Waals surface area contributed by atoms with E-state index in [1.807, 2.05) is 65.3 Å². The van der Waals surface area contributed by atoms with Crippen molar-refractivity contribution in [2.24, 2.45) is 5.92 Å². The molecule has 2 heterocycles. The van der Waals surface area contributed by atoms with E-state index in [1.165, 1.54) is 11.8 Å². The molecule has 0 saturated carbocycles. The Hall–Kier alpha value is -3.07. The number of benzene rings is 2. The highest BCUT2D eigenvalue weighted by atomic mass is 32.2. The molecule has 2 aliphatic heterocycles. The second-order valence-corrected chi connectivity index (χ2v) is 18.7. The van der Waals surface area contributed by atoms with Crippen LogP contribution in [0, 0.1) is 5.92 Å². The van der Waals surface area contributed by atoms with Crippen LogP contribution in [0.1, 0.15) is 83.3 Å². The minimum atomic E-state index is -2.27. The number of carbonyl (C=O) groups excluding carboxylic acids is 4. The van der Waals surface area contributed by atoms with Gasteiger partial charge in [0.05, 0.1) is 25.1 Å². The molecule has 3 atom stereocenters. The summed E-state index contributed by atoms with van der Waals surface area (Å²) in [6.45, 7) is 5.45. The standard InChI is InChI=1S/C40H57N2O7PS/c1-5-8-24-50(25-9-6-2,28-37(45)49-27-31-16-18-33(47-4)19-17-31)36(13-7-3)42-39(46)38(41-35(44)26-30-14-11-10-12-15-30)40(42)51-29-34(43)32-20-22-48-23-21-32/h10-12,14-19,28,32,36,38,40H,5-9,13,20-27,29H2,1-4H3,(H,41,44)/t36?,38-,40-/m1/s1. The number of ether oxygens (including phenoxy) is 3. The zero-order valence-electron chi connectivity index (χ0n) is 30.8. The Balaban J connectivity index is 1.65. The van der Waals surface area contributed by atoms with E-state index >= 15 is 0 Å². The molecule has 0 radical (unpaired) electrons. The predicted octanol–water partition coefficient (Wildman–Crippen LogP) is 6.91. The minimum Gasteiger partial charge on any atom is -0.497 e. The van der Waals surface area contributed by atoms with Gasteiger partial charge in [-0.05, 0) is 67.7 Å². The number of hydrogen-bond acceptors (Lipinski definition) is 8. The number of β-lactam (4-membered cyclic amide) rings is 1. The van der Waals surface area contributed by atoms with E-state index in [1.54, 1.807) is 7.11 Å². The lowest BCUT2D eigenvalue weighted by atomic mass is 9.96. The summed E-state index contributed by atoms with van der Waals surface area (Å²) in [5.41, 5.74) is 1.74. The van der Waals surface area contributed by atoms with Crippen molar-refractivity contribution in [2.75, 3.05) is 38.4 Å². The highest BCUT2D eigenvalue weighted by molar-refractivity contribution is 8.00. The van der Waals surface area contributed by atoms with Crippen molar-refractivity contribution in [3.63, 3.8) is 0 Å². The van der Waals surface area contributed by atoms with Crippen LogP contribution in [0.4, 0.5) is 0 Å². The highest BCUT2D eigenvalue weighted by Crippen LogP contribution is 2.58. The minimum absolute atomic E-state index is 0.0532. The lowest BCUT2D eigenvalue weighted by Gasteiger charge is -2.54. The molecule has 2 saturated heterocycles. The number of unbranched alkanes of at least 4 members (excludes halogenated alkanes) is 2. The Morgan fingerprint density at radius 2 is 1.63 bits per heavy atom. The molecule has 1 unspecified atom stereocenters. The molecule has 0 spiro atoms. The summed E-state index contributed by atoms with van der Waals surface area (Å²) in [5.74, 6) is 2.06. The van der Waals surface area contributed by atoms with E-state index in [-0.39, 0.29) is 54.0 Å². The first-order valence-electron chi connectivity index (χ1n) is 18.6. The van der Waals surface area contributed by atoms with Crippen molar-refractivity contribution < 1.29 is 33.4 Å². The molecular weight excluding hydrogens is 683 g/mol. The Bertz CT molecular complexity index is 1470. The van der Waals surface area contributed by atoms with Crippen LogP contribution >= 0.6 is 18.6 Å². The Labute approximate surface area is 308 Å². The van der Waals surface area contributed by atoms with Crippen LogP contribution in [0.3, 0.4) is 0 Å². The molecule has 0 aromatic heterocycles. The number of rotatable bonds is 21. The summed E-state index contributed by atoms with van der Waals surface area (Å²) in [6.07, 6.45) is 8.58. The highest BCUT2D eigenvalue weighted by Gasteiger charge is 2.53. The number of methoxy groups -OCH3 is 1. The van der Waals surface area contributed by atoms with Crippen LogP contribution in [0.2, 0.25) is 0 Å². The SMILES string of the molecule is CCCCP(=CC(=O)OCc1ccc(OC)cc1)(CCCC)C(CCC)N1C(=O)[C@@H](NC(=O)Cc2ccccc2)[C@H]1SCC(=O)C1CCOCC1. The van der Waals surface area contributed by atoms with Crippen molar-refractivity contribution in [3.8, 4) is 5.75 Å². The Kier molecular flexibility index (Phi) is 16.6. The predicted molar refractivity (Wildman–Crippen MR) is 208 cm³/mol. The molecule has 51 heavy (non-hydrogen) atoms. The number of thioether (sulfide) groups is 1. The van der Waals surface area contributed by atoms with Gasteiger partial charge < -0.3 is 24.4 Å². The smallest absolute Gasteiger partial charge is 0.331 e. The number of Topliss-reactive ketones (excluding diaryl/α,β-unsaturated/α-hetero) is 1. The van der Waals surface area contributed by atoms with Gasteiger partial charge in [0.25, 0.3) is 0 Å². The van der Waals surface area contributed by atoms with E-state index in [9.17, 15) is 19.2 Å². The number of nitrogens with zero attached hydrogens (tertiary/aromatic N) is 1. The topological polar surface area (TPSA) is 111 Å². The molecule has 0 aliphatic carbocycles. The second kappa shape index (κ2) is 20.8. The van der Waals surface area contributed by atoms with Crippen molar-refractivity contribution >= 4 is 48.0 Å². The molecule has 11 heteroatoms. The fourth-order valence-electron chi connectivity index (χ4n) is 6.98. The van der Waals surface area contributed by atoms with Gasteiger partial charge in [0.1, 0.15) is 29.6 Å². The third kappa shape index (κ3) is 11.5. The summed E-state index contributed by atoms with van der Waals surface area (Å²) >= 11 is 1.46. The molecule has 0 bridgehead atoms. The Morgan fingerprint density at radius 3 is 2.24 bits per heavy atom. The van der Waals surface area contributed by atoms with Crippen molar-refractivity contribution in [2.45, 2.75) is 102 Å². The van der Waals surface area contributed by atoms with Gasteiger partial charge in [-0.15, -0.1) is 11.8 Å². The fraction of sp³-hybridized carbons (Fsp3) is 0.575. The number of carbonyl (C=O) groups is 4. The quantitative estimate of drug-likeness (QED) is 0.0836. The number of likely N-dealkylation sites (tertiary alicyclic amines) is 1. The van der Waals surface area contributed by atoms with Gasteiger partial charge in [0.2, 0.25) is 11.8 Å². The average Bonchev–Trinajstić information content (AvgIpc) is 3.16. The van der Waals surface area contributed by atoms with Gasteiger partial charge in [-0.3, -0.25) is 14.4 Å². The fourth-order valence-corrected chi connectivity index (χ4v) is 13.5. The van der Waals surface area contributed by atoms with Crippen molar-refractivity contribution in [3.05, 3.63) is 65.7 Å². The molecule has 2 aromatic rings. The average molecular weight is 741 g/mol. The van der Waals surface area contributed by atoms with Crippen molar-refractivity contribution in [1.29, 1.82) is 0 Å². The molecule has 9 nitrogen and oxygen atoms in total. The molecule has 2 aromatic carbocycles. The summed E-state index contributed by atoms with van der Waals surface area (Å²) in [6, 6.07) is 16.2. The van der Waals surface area contributed by atoms with E-state index in [0.717, 1.165) is 67.7 Å². The van der Waals surface area contributed by atoms with Gasteiger partial charge in [0.15, 0.2) is 0 Å². The van der Waals surface area contributed by atoms with Crippen LogP contribution in [0.15, 0.2) is 54.6 Å². The molecule has 2 amide bonds. The first-order chi connectivity index (χ1) is 24.7. The van der Waals surface area contributed by atoms with E-state index in [4.69, 9.17) is 14.2 Å². The monoisotopic (exact) mass is 740 g/mol. The largest absolute Gasteiger partial charge is 0.497 e. The normalized spacial score (nSPS) is 18.4. The van der Waals surface area contributed by atoms with Crippen LogP contribution in [0.25, 0.3) is 0 Å². The summed E-state index contributed by atoms with van der Waals surface area (Å²) in [5, 5.41) is 2.63. The first kappa shape index (κ1) is 40.7. The maximum atomic E-state index is 14.3. The third-order valence-electron chi connectivity index (χ3n) is 9.90. The van der Waals surface area contributed by atoms with Crippen LogP contribution in [0.5, 0.6) is 5.75 Å². The maximum absolute atomic E-state index is 14.3. The number of ketones is 1. The molecule has 2 fully saturated rings. The summed E-state index contributed by atoms with van der Waals surface area (Å²) < 4.78 is 16.6. The van der Waals surface area contributed by atoms with Crippen LogP contribution < -0.4 is 10.1 Å². The zero-order valence-corrected chi connectivity index (χ0v) is 32.6. The summed E-state index contributed by atoms with van der Waals surface area (Å²) in [4.78, 5) is 56.8. The molecule has 4 rings (SSSR count). The van der Waals surface area contributed by atoms with Gasteiger partial charge in [-0.25, -0.2) is 4.79 Å². The van der Waals surface area contributed by atoms with Gasteiger partial charge in [-0.1, -0.05) is 89.4 Å². The first-order valence-corrected chi connectivity index (χ1v) is 22.0. The van der Waals surface area contributed by atoms with E-state index in [0.29, 0.717) is 26.1 Å². The molecular formula is C40H57N2O7PS. The van der Waals surface area contributed by atoms with Gasteiger partial charge in [0, 0.05) is 24.9 Å². The van der Waals surface area contributed by atoms with Crippen molar-refractivity contribution in [1.82, 2.24) is 10.2 Å². The lowest BCUT2D eigenvalue weighted by Crippen LogP contribution is -2.72. The molecule has 2 aliphatic rings. The Morgan fingerprint density at radius 1 is 0.961 bits per heavy atom. The lowest BCUT2D eigenvalue weighted by molar-refractivity contribution is -0.150. The van der Waals surface area contributed by atoms with E-state index in [2.05, 4.69) is 26.1 Å².